The Morgan fingerprint density at radius 1 is 0.596 bits per heavy atom. The van der Waals surface area contributed by atoms with Gasteiger partial charge in [-0.15, -0.1) is 0 Å². The van der Waals surface area contributed by atoms with Crippen LogP contribution < -0.4 is 26.7 Å². The molecule has 0 atom stereocenters. The number of carbonyl (C=O) groups is 1. The van der Waals surface area contributed by atoms with Crippen LogP contribution in [0.25, 0.3) is 33.1 Å². The Bertz CT molecular complexity index is 2230. The number of nitrogens with one attached hydrogen (secondary N) is 1. The number of rotatable bonds is 14. The predicted molar refractivity (Wildman–Crippen MR) is 219 cm³/mol. The predicted octanol–water partition coefficient (Wildman–Crippen LogP) is 9.12. The van der Waals surface area contributed by atoms with E-state index >= 15 is 0 Å². The standard InChI is InChI=1S/C46H44NO4P/c48-43-41-32-36-18-14-15-19-37(36)33-42(41)51-45(44(43)49)34-26-28-35(29-27-34)46(50)47-30-16-3-1-2-4-17-31-52(38-20-8-5-9-21-38,39-22-10-6-11-23-39)40-24-12-7-13-25-40/h5-15,18-29,32-33,49,52H,1-4,16-17,30-31H2,(H,47,50). The van der Waals surface area contributed by atoms with E-state index in [9.17, 15) is 14.7 Å². The van der Waals surface area contributed by atoms with Crippen LogP contribution in [0.5, 0.6) is 5.75 Å². The molecule has 1 amide bonds. The van der Waals surface area contributed by atoms with Crippen molar-refractivity contribution in [2.75, 3.05) is 12.7 Å². The number of benzene rings is 6. The van der Waals surface area contributed by atoms with Crippen molar-refractivity contribution in [1.82, 2.24) is 5.32 Å². The summed E-state index contributed by atoms with van der Waals surface area (Å²) in [5.41, 5.74) is 0.961. The van der Waals surface area contributed by atoms with Crippen molar-refractivity contribution in [3.8, 4) is 17.1 Å². The molecule has 0 radical (unpaired) electrons. The molecule has 1 heterocycles. The van der Waals surface area contributed by atoms with Crippen LogP contribution in [0.15, 0.2) is 161 Å². The zero-order valence-electron chi connectivity index (χ0n) is 29.3. The van der Waals surface area contributed by atoms with Gasteiger partial charge in [0.1, 0.15) is 5.58 Å². The second-order valence-electron chi connectivity index (χ2n) is 13.5. The van der Waals surface area contributed by atoms with Crippen LogP contribution >= 0.6 is 7.26 Å². The molecule has 0 aliphatic rings. The SMILES string of the molecule is O=C(NCCCCCCCC[PH](c1ccccc1)(c1ccccc1)c1ccccc1)c1ccc(-c2oc3cc4ccccc4cc3c(=O)c2O)cc1. The van der Waals surface area contributed by atoms with E-state index in [4.69, 9.17) is 4.42 Å². The van der Waals surface area contributed by atoms with Crippen molar-refractivity contribution in [2.24, 2.45) is 0 Å². The molecule has 0 bridgehead atoms. The van der Waals surface area contributed by atoms with E-state index < -0.39 is 18.4 Å². The molecule has 7 rings (SSSR count). The van der Waals surface area contributed by atoms with Gasteiger partial charge in [-0.25, -0.2) is 0 Å². The molecule has 1 aromatic heterocycles. The molecule has 52 heavy (non-hydrogen) atoms. The fourth-order valence-electron chi connectivity index (χ4n) is 7.47. The van der Waals surface area contributed by atoms with Crippen LogP contribution in [0, 0.1) is 0 Å². The first kappa shape index (κ1) is 34.9. The summed E-state index contributed by atoms with van der Waals surface area (Å²) in [4.78, 5) is 25.9. The number of amides is 1. The maximum atomic E-state index is 13.0. The molecule has 0 aliphatic carbocycles. The maximum absolute atomic E-state index is 13.0. The Hall–Kier alpha value is -5.51. The number of hydrogen-bond donors (Lipinski definition) is 2. The molecule has 0 unspecified atom stereocenters. The molecular formula is C46H44NO4P. The monoisotopic (exact) mass is 705 g/mol. The van der Waals surface area contributed by atoms with Gasteiger partial charge >= 0.3 is 199 Å². The van der Waals surface area contributed by atoms with E-state index in [0.717, 1.165) is 30.0 Å². The quantitative estimate of drug-likeness (QED) is 0.0672. The Morgan fingerprint density at radius 3 is 1.67 bits per heavy atom. The van der Waals surface area contributed by atoms with Crippen molar-refractivity contribution in [2.45, 2.75) is 38.5 Å². The van der Waals surface area contributed by atoms with E-state index in [2.05, 4.69) is 96.3 Å². The molecule has 0 spiro atoms. The van der Waals surface area contributed by atoms with Crippen molar-refractivity contribution in [3.05, 3.63) is 167 Å². The van der Waals surface area contributed by atoms with E-state index in [-0.39, 0.29) is 11.7 Å². The van der Waals surface area contributed by atoms with Crippen molar-refractivity contribution in [3.63, 3.8) is 0 Å². The Kier molecular flexibility index (Phi) is 10.9. The molecule has 262 valence electrons. The summed E-state index contributed by atoms with van der Waals surface area (Å²) in [5.74, 6) is -0.496. The number of fused-ring (bicyclic) bond motifs is 2. The molecule has 5 nitrogen and oxygen atoms in total. The average Bonchev–Trinajstić information content (AvgIpc) is 3.20. The van der Waals surface area contributed by atoms with Gasteiger partial charge < -0.3 is 9.52 Å². The smallest absolute Gasteiger partial charge is 0.502 e. The van der Waals surface area contributed by atoms with Crippen molar-refractivity contribution in [1.29, 1.82) is 0 Å². The fourth-order valence-corrected chi connectivity index (χ4v) is 12.4. The van der Waals surface area contributed by atoms with Crippen LogP contribution in [-0.2, 0) is 0 Å². The van der Waals surface area contributed by atoms with Gasteiger partial charge in [-0.1, -0.05) is 36.4 Å². The Labute approximate surface area is 305 Å². The molecule has 0 fully saturated rings. The molecule has 7 aromatic rings. The molecule has 0 saturated carbocycles. The summed E-state index contributed by atoms with van der Waals surface area (Å²) >= 11 is 0. The third-order valence-corrected chi connectivity index (χ3v) is 15.3. The minimum Gasteiger partial charge on any atom is -0.502 e. The van der Waals surface area contributed by atoms with E-state index in [1.807, 2.05) is 30.3 Å². The van der Waals surface area contributed by atoms with Gasteiger partial charge in [0.25, 0.3) is 0 Å². The van der Waals surface area contributed by atoms with E-state index in [0.29, 0.717) is 28.6 Å². The summed E-state index contributed by atoms with van der Waals surface area (Å²) in [6.07, 6.45) is 7.82. The summed E-state index contributed by atoms with van der Waals surface area (Å²) in [5, 5.41) is 20.3. The Balaban J connectivity index is 0.901. The minimum absolute atomic E-state index is 0.0907. The summed E-state index contributed by atoms with van der Waals surface area (Å²) < 4.78 is 6.02. The molecule has 6 heteroatoms. The van der Waals surface area contributed by atoms with Gasteiger partial charge in [0.2, 0.25) is 11.2 Å². The number of unbranched alkanes of at least 4 members (excludes halogenated alkanes) is 5. The first-order valence-corrected chi connectivity index (χ1v) is 20.5. The average molecular weight is 706 g/mol. The second-order valence-corrected chi connectivity index (χ2v) is 17.6. The third kappa shape index (κ3) is 7.42. The van der Waals surface area contributed by atoms with Crippen molar-refractivity contribution < 1.29 is 14.3 Å². The van der Waals surface area contributed by atoms with Gasteiger partial charge in [0.05, 0.1) is 5.39 Å². The van der Waals surface area contributed by atoms with Gasteiger partial charge in [0, 0.05) is 5.56 Å². The number of hydrogen-bond acceptors (Lipinski definition) is 4. The van der Waals surface area contributed by atoms with Crippen LogP contribution in [0.3, 0.4) is 0 Å². The Morgan fingerprint density at radius 2 is 1.10 bits per heavy atom. The van der Waals surface area contributed by atoms with E-state index in [1.165, 1.54) is 41.3 Å². The van der Waals surface area contributed by atoms with Crippen LogP contribution in [0.4, 0.5) is 0 Å². The van der Waals surface area contributed by atoms with Crippen LogP contribution in [0.1, 0.15) is 48.9 Å². The van der Waals surface area contributed by atoms with Gasteiger partial charge in [-0.2, -0.15) is 0 Å². The molecule has 0 saturated heterocycles. The second kappa shape index (κ2) is 16.2. The van der Waals surface area contributed by atoms with Crippen molar-refractivity contribution >= 4 is 50.8 Å². The molecule has 2 N–H and O–H groups in total. The molecule has 0 aliphatic heterocycles. The number of carbonyl (C=O) groups excluding carboxylic acids is 1. The zero-order chi connectivity index (χ0) is 35.8. The number of aromatic hydroxyl groups is 1. The normalized spacial score (nSPS) is 11.8. The molecular weight excluding hydrogens is 661 g/mol. The van der Waals surface area contributed by atoms with E-state index in [1.54, 1.807) is 30.3 Å². The summed E-state index contributed by atoms with van der Waals surface area (Å²) in [7, 11) is -2.18. The minimum atomic E-state index is -2.18. The van der Waals surface area contributed by atoms with Crippen LogP contribution in [0.2, 0.25) is 0 Å². The first-order valence-electron chi connectivity index (χ1n) is 18.3. The van der Waals surface area contributed by atoms with Gasteiger partial charge in [-0.05, 0) is 22.9 Å². The zero-order valence-corrected chi connectivity index (χ0v) is 30.3. The van der Waals surface area contributed by atoms with Gasteiger partial charge in [0.15, 0.2) is 5.76 Å². The molecule has 6 aromatic carbocycles. The summed E-state index contributed by atoms with van der Waals surface area (Å²) in [6, 6.07) is 51.4. The van der Waals surface area contributed by atoms with Gasteiger partial charge in [-0.3, -0.25) is 4.79 Å². The van der Waals surface area contributed by atoms with Crippen LogP contribution in [-0.4, -0.2) is 23.7 Å². The first-order chi connectivity index (χ1) is 25.5. The topological polar surface area (TPSA) is 79.5 Å². The third-order valence-electron chi connectivity index (χ3n) is 10.2. The fraction of sp³-hybridized carbons (Fsp3) is 0.174. The summed E-state index contributed by atoms with van der Waals surface area (Å²) in [6.45, 7) is 0.612.